The molecule has 0 saturated heterocycles. The molecule has 2 saturated carbocycles. The molecule has 3 aromatic rings. The molecule has 5 unspecified atom stereocenters. The van der Waals surface area contributed by atoms with E-state index in [1.54, 1.807) is 48.5 Å². The number of hydrogen-bond acceptors (Lipinski definition) is 7. The fourth-order valence-corrected chi connectivity index (χ4v) is 7.56. The van der Waals surface area contributed by atoms with Gasteiger partial charge in [-0.2, -0.15) is 0 Å². The van der Waals surface area contributed by atoms with Crippen molar-refractivity contribution in [3.05, 3.63) is 88.2 Å². The summed E-state index contributed by atoms with van der Waals surface area (Å²) in [5.41, 5.74) is 0.604. The Morgan fingerprint density at radius 3 is 2.62 bits per heavy atom. The summed E-state index contributed by atoms with van der Waals surface area (Å²) in [7, 11) is 0. The van der Waals surface area contributed by atoms with Crippen molar-refractivity contribution in [2.45, 2.75) is 83.3 Å². The number of hydrogen-bond donors (Lipinski definition) is 4. The zero-order valence-corrected chi connectivity index (χ0v) is 28.1. The largest absolute Gasteiger partial charge is 0.451 e. The van der Waals surface area contributed by atoms with E-state index in [2.05, 4.69) is 28.2 Å². The Morgan fingerprint density at radius 2 is 1.82 bits per heavy atom. The zero-order chi connectivity index (χ0) is 35.2. The van der Waals surface area contributed by atoms with E-state index in [-0.39, 0.29) is 42.8 Å². The van der Waals surface area contributed by atoms with Crippen LogP contribution in [0.1, 0.15) is 80.2 Å². The molecule has 3 aliphatic rings. The number of carbonyl (C=O) groups is 5. The lowest BCUT2D eigenvalue weighted by atomic mass is 9.65. The summed E-state index contributed by atoms with van der Waals surface area (Å²) in [6, 6.07) is 11.8. The third-order valence-corrected chi connectivity index (χ3v) is 10.1. The molecule has 2 heterocycles. The van der Waals surface area contributed by atoms with Gasteiger partial charge in [-0.1, -0.05) is 44.0 Å². The highest BCUT2D eigenvalue weighted by Crippen LogP contribution is 2.42. The number of rotatable bonds is 12. The number of fused-ring (bicyclic) bond motifs is 3. The first-order chi connectivity index (χ1) is 24.1. The van der Waals surface area contributed by atoms with E-state index in [1.807, 2.05) is 6.08 Å². The number of nitrogens with one attached hydrogen (secondary N) is 4. The molecular formula is C38H43N5O7. The molecule has 4 amide bonds. The number of ketones is 1. The first-order valence-electron chi connectivity index (χ1n) is 17.4. The molecular weight excluding hydrogens is 638 g/mol. The van der Waals surface area contributed by atoms with Crippen molar-refractivity contribution in [1.29, 1.82) is 0 Å². The highest BCUT2D eigenvalue weighted by Gasteiger charge is 2.38. The molecule has 3 aliphatic carbocycles. The van der Waals surface area contributed by atoms with Crippen LogP contribution in [0, 0.1) is 17.8 Å². The van der Waals surface area contributed by atoms with E-state index < -0.39 is 35.1 Å². The number of Topliss-reactive ketones (excluding diaryl/α,β-unsaturated/α-hetero) is 1. The van der Waals surface area contributed by atoms with Gasteiger partial charge >= 0.3 is 0 Å². The number of aryl methyl sites for hydroxylation is 1. The number of allylic oxidation sites excluding steroid dienone is 1. The van der Waals surface area contributed by atoms with E-state index in [0.29, 0.717) is 29.7 Å². The number of furan rings is 1. The molecule has 262 valence electrons. The minimum Gasteiger partial charge on any atom is -0.451 e. The van der Waals surface area contributed by atoms with Gasteiger partial charge in [-0.05, 0) is 98.2 Å². The summed E-state index contributed by atoms with van der Waals surface area (Å²) in [4.78, 5) is 78.8. The molecule has 0 aliphatic heterocycles. The third kappa shape index (κ3) is 8.30. The molecule has 1 aromatic carbocycles. The number of para-hydroxylation sites is 1. The van der Waals surface area contributed by atoms with Crippen LogP contribution in [-0.4, -0.2) is 46.1 Å². The van der Waals surface area contributed by atoms with E-state index in [1.165, 1.54) is 29.7 Å². The molecule has 2 fully saturated rings. The van der Waals surface area contributed by atoms with Crippen LogP contribution in [0.5, 0.6) is 0 Å². The van der Waals surface area contributed by atoms with E-state index in [0.717, 1.165) is 37.2 Å². The number of aromatic nitrogens is 1. The Bertz CT molecular complexity index is 1840. The van der Waals surface area contributed by atoms with Gasteiger partial charge in [-0.15, -0.1) is 0 Å². The lowest BCUT2D eigenvalue weighted by Crippen LogP contribution is -2.50. The minimum atomic E-state index is -1.31. The molecule has 0 radical (unpaired) electrons. The van der Waals surface area contributed by atoms with Crippen molar-refractivity contribution in [2.75, 3.05) is 10.6 Å². The lowest BCUT2D eigenvalue weighted by Gasteiger charge is -2.44. The Kier molecular flexibility index (Phi) is 10.7. The third-order valence-electron chi connectivity index (χ3n) is 10.1. The van der Waals surface area contributed by atoms with Gasteiger partial charge in [0.1, 0.15) is 24.0 Å². The number of pyridine rings is 1. The van der Waals surface area contributed by atoms with Gasteiger partial charge in [0.2, 0.25) is 17.6 Å². The molecule has 6 rings (SSSR count). The number of amides is 4. The summed E-state index contributed by atoms with van der Waals surface area (Å²) >= 11 is 0. The average Bonchev–Trinajstić information content (AvgIpc) is 3.55. The lowest BCUT2D eigenvalue weighted by molar-refractivity contribution is -0.135. The summed E-state index contributed by atoms with van der Waals surface area (Å²) < 4.78 is 6.93. The smallest absolute Gasteiger partial charge is 0.291 e. The van der Waals surface area contributed by atoms with Crippen LogP contribution in [-0.2, 0) is 32.1 Å². The van der Waals surface area contributed by atoms with Crippen LogP contribution in [0.3, 0.4) is 0 Å². The van der Waals surface area contributed by atoms with E-state index >= 15 is 0 Å². The predicted octanol–water partition coefficient (Wildman–Crippen LogP) is 4.46. The van der Waals surface area contributed by atoms with Crippen LogP contribution in [0.2, 0.25) is 0 Å². The second-order valence-corrected chi connectivity index (χ2v) is 13.7. The fourth-order valence-electron chi connectivity index (χ4n) is 7.56. The second-order valence-electron chi connectivity index (χ2n) is 13.7. The fraction of sp³-hybridized carbons (Fsp3) is 0.421. The maximum Gasteiger partial charge on any atom is 0.291 e. The maximum absolute atomic E-state index is 13.6. The van der Waals surface area contributed by atoms with Crippen LogP contribution >= 0.6 is 0 Å². The highest BCUT2D eigenvalue weighted by atomic mass is 16.4. The first kappa shape index (κ1) is 34.6. The number of benzene rings is 1. The van der Waals surface area contributed by atoms with Crippen molar-refractivity contribution < 1.29 is 28.4 Å². The van der Waals surface area contributed by atoms with Gasteiger partial charge in [0.15, 0.2) is 5.76 Å². The normalized spacial score (nSPS) is 21.3. The van der Waals surface area contributed by atoms with Crippen LogP contribution in [0.25, 0.3) is 6.08 Å². The number of nitrogens with zero attached hydrogens (tertiary/aromatic N) is 1. The van der Waals surface area contributed by atoms with Crippen molar-refractivity contribution in [1.82, 2.24) is 15.2 Å². The van der Waals surface area contributed by atoms with Crippen molar-refractivity contribution in [2.24, 2.45) is 17.8 Å². The zero-order valence-electron chi connectivity index (χ0n) is 28.1. The topological polar surface area (TPSA) is 169 Å². The van der Waals surface area contributed by atoms with Crippen molar-refractivity contribution in [3.8, 4) is 0 Å². The maximum atomic E-state index is 13.6. The standard InChI is InChI=1S/C38H43N5O7/c1-23-19-24-9-7-11-26(20-24)34(23)42-33(45)22-43-18-8-14-29(38(43)49)41-35(46)28(16-17-30(44)36(47)39-27-12-3-2-4-13-27)40-37(48)32-21-25-10-5-6-15-31(25)50-32/h2-4,6,8,12-15,18,21,23-24,26,28,34H,5,7,9-11,16-17,19-20,22H2,1H3,(H,39,47)(H,40,48)(H,41,46)(H,42,45). The summed E-state index contributed by atoms with van der Waals surface area (Å²) in [5, 5.41) is 10.9. The Hall–Kier alpha value is -5.26. The number of anilines is 2. The van der Waals surface area contributed by atoms with Gasteiger partial charge in [-0.25, -0.2) is 0 Å². The molecule has 2 aromatic heterocycles. The second kappa shape index (κ2) is 15.5. The average molecular weight is 682 g/mol. The molecule has 2 bridgehead atoms. The molecule has 12 nitrogen and oxygen atoms in total. The number of carbonyl (C=O) groups excluding carboxylic acids is 5. The SMILES string of the molecule is CC1CC2CCCC(C2)C1NC(=O)Cn1cccc(NC(=O)C(CCC(=O)C(=O)Nc2ccccc2)NC(=O)c2cc3c(o2)C=CCC3)c1=O. The Labute approximate surface area is 290 Å². The van der Waals surface area contributed by atoms with E-state index in [9.17, 15) is 28.8 Å². The van der Waals surface area contributed by atoms with Crippen molar-refractivity contribution in [3.63, 3.8) is 0 Å². The molecule has 4 N–H and O–H groups in total. The quantitative estimate of drug-likeness (QED) is 0.205. The van der Waals surface area contributed by atoms with Crippen LogP contribution in [0.15, 0.2) is 70.0 Å². The van der Waals surface area contributed by atoms with Crippen molar-refractivity contribution >= 4 is 46.9 Å². The summed E-state index contributed by atoms with van der Waals surface area (Å²) in [5.74, 6) is -1.30. The van der Waals surface area contributed by atoms with E-state index in [4.69, 9.17) is 4.42 Å². The Balaban J connectivity index is 1.13. The monoisotopic (exact) mass is 681 g/mol. The minimum absolute atomic E-state index is 0.00314. The molecule has 0 spiro atoms. The van der Waals surface area contributed by atoms with Crippen LogP contribution in [0.4, 0.5) is 11.4 Å². The molecule has 50 heavy (non-hydrogen) atoms. The highest BCUT2D eigenvalue weighted by molar-refractivity contribution is 6.40. The summed E-state index contributed by atoms with van der Waals surface area (Å²) in [6.07, 6.45) is 11.8. The first-order valence-corrected chi connectivity index (χ1v) is 17.4. The predicted molar refractivity (Wildman–Crippen MR) is 187 cm³/mol. The van der Waals surface area contributed by atoms with Gasteiger partial charge < -0.3 is 30.3 Å². The van der Waals surface area contributed by atoms with Crippen LogP contribution < -0.4 is 26.8 Å². The van der Waals surface area contributed by atoms with Gasteiger partial charge in [-0.3, -0.25) is 28.8 Å². The summed E-state index contributed by atoms with van der Waals surface area (Å²) in [6.45, 7) is 1.96. The van der Waals surface area contributed by atoms with Gasteiger partial charge in [0.05, 0.1) is 0 Å². The molecule has 12 heteroatoms. The Morgan fingerprint density at radius 1 is 1.00 bits per heavy atom. The molecule has 5 atom stereocenters. The van der Waals surface area contributed by atoms with Gasteiger partial charge in [0, 0.05) is 24.3 Å². The van der Waals surface area contributed by atoms with Gasteiger partial charge in [0.25, 0.3) is 17.4 Å².